The number of nitrogens with one attached hydrogen (secondary N) is 1. The van der Waals surface area contributed by atoms with Crippen LogP contribution in [0.1, 0.15) is 24.7 Å². The molecule has 1 aromatic heterocycles. The number of imidazole rings is 1. The summed E-state index contributed by atoms with van der Waals surface area (Å²) in [5.41, 5.74) is 0. The Kier molecular flexibility index (Phi) is 6.16. The van der Waals surface area contributed by atoms with Crippen molar-refractivity contribution < 1.29 is 0 Å². The second-order valence-corrected chi connectivity index (χ2v) is 3.36. The molecule has 1 aliphatic heterocycles. The Morgan fingerprint density at radius 2 is 2.00 bits per heavy atom. The number of nitrogens with zero attached hydrogens (tertiary/aromatic N) is 2. The first kappa shape index (κ1) is 13.8. The van der Waals surface area contributed by atoms with Crippen LogP contribution in [0.2, 0.25) is 0 Å². The third kappa shape index (κ3) is 2.87. The van der Waals surface area contributed by atoms with Crippen LogP contribution < -0.4 is 5.32 Å². The molecule has 82 valence electrons. The van der Waals surface area contributed by atoms with Crippen LogP contribution in [0, 0.1) is 6.92 Å². The maximum atomic E-state index is 4.23. The molecule has 0 unspecified atom stereocenters. The fraction of sp³-hybridized carbons (Fsp3) is 0.667. The number of aryl methyl sites for hydroxylation is 1. The van der Waals surface area contributed by atoms with Crippen molar-refractivity contribution >= 4 is 24.8 Å². The van der Waals surface area contributed by atoms with Gasteiger partial charge in [0, 0.05) is 18.4 Å². The zero-order valence-corrected chi connectivity index (χ0v) is 9.90. The molecule has 1 aliphatic rings. The summed E-state index contributed by atoms with van der Waals surface area (Å²) in [7, 11) is 0. The van der Waals surface area contributed by atoms with E-state index in [-0.39, 0.29) is 24.8 Å². The molecule has 2 rings (SSSR count). The van der Waals surface area contributed by atoms with Crippen molar-refractivity contribution in [2.24, 2.45) is 0 Å². The molecule has 0 bridgehead atoms. The van der Waals surface area contributed by atoms with Crippen LogP contribution in [0.5, 0.6) is 0 Å². The number of piperidine rings is 1. The van der Waals surface area contributed by atoms with Crippen molar-refractivity contribution in [1.29, 1.82) is 0 Å². The molecule has 0 spiro atoms. The molecule has 0 amide bonds. The number of rotatable bonds is 1. The van der Waals surface area contributed by atoms with Crippen molar-refractivity contribution in [2.45, 2.75) is 25.8 Å². The molecule has 1 N–H and O–H groups in total. The van der Waals surface area contributed by atoms with Crippen LogP contribution in [-0.2, 0) is 0 Å². The first-order valence-corrected chi connectivity index (χ1v) is 4.58. The van der Waals surface area contributed by atoms with Crippen LogP contribution in [-0.4, -0.2) is 22.6 Å². The summed E-state index contributed by atoms with van der Waals surface area (Å²) in [5, 5.41) is 3.36. The molecular formula is C9H17Cl2N3. The highest BCUT2D eigenvalue weighted by molar-refractivity contribution is 5.85. The van der Waals surface area contributed by atoms with Gasteiger partial charge in [0.05, 0.1) is 0 Å². The van der Waals surface area contributed by atoms with Gasteiger partial charge in [0.2, 0.25) is 0 Å². The lowest BCUT2D eigenvalue weighted by Crippen LogP contribution is -2.29. The number of hydrogen-bond donors (Lipinski definition) is 1. The van der Waals surface area contributed by atoms with E-state index in [4.69, 9.17) is 0 Å². The molecule has 0 radical (unpaired) electrons. The van der Waals surface area contributed by atoms with Gasteiger partial charge in [0.25, 0.3) is 0 Å². The Balaban J connectivity index is 0.000000845. The van der Waals surface area contributed by atoms with E-state index in [1.807, 2.05) is 6.20 Å². The van der Waals surface area contributed by atoms with Crippen molar-refractivity contribution in [1.82, 2.24) is 14.9 Å². The quantitative estimate of drug-likeness (QED) is 0.810. The van der Waals surface area contributed by atoms with Crippen molar-refractivity contribution in [3.63, 3.8) is 0 Å². The lowest BCUT2D eigenvalue weighted by molar-refractivity contribution is 0.363. The second kappa shape index (κ2) is 6.27. The maximum absolute atomic E-state index is 4.23. The van der Waals surface area contributed by atoms with E-state index in [1.165, 1.54) is 12.8 Å². The van der Waals surface area contributed by atoms with E-state index >= 15 is 0 Å². The Hall–Kier alpha value is -0.250. The summed E-state index contributed by atoms with van der Waals surface area (Å²) in [4.78, 5) is 4.23. The second-order valence-electron chi connectivity index (χ2n) is 3.36. The molecule has 5 heteroatoms. The number of aromatic nitrogens is 2. The SMILES string of the molecule is Cc1nccn1C1CCNCC1.Cl.Cl. The van der Waals surface area contributed by atoms with E-state index in [1.54, 1.807) is 0 Å². The van der Waals surface area contributed by atoms with Crippen molar-refractivity contribution in [2.75, 3.05) is 13.1 Å². The van der Waals surface area contributed by atoms with Gasteiger partial charge in [-0.3, -0.25) is 0 Å². The van der Waals surface area contributed by atoms with Gasteiger partial charge in [0.1, 0.15) is 5.82 Å². The average Bonchev–Trinajstić information content (AvgIpc) is 2.53. The summed E-state index contributed by atoms with van der Waals surface area (Å²) in [6, 6.07) is 0.675. The smallest absolute Gasteiger partial charge is 0.105 e. The number of halogens is 2. The Morgan fingerprint density at radius 1 is 1.36 bits per heavy atom. The van der Waals surface area contributed by atoms with Crippen LogP contribution in [0.25, 0.3) is 0 Å². The van der Waals surface area contributed by atoms with Gasteiger partial charge in [-0.2, -0.15) is 0 Å². The third-order valence-corrected chi connectivity index (χ3v) is 2.56. The summed E-state index contributed by atoms with van der Waals surface area (Å²) >= 11 is 0. The monoisotopic (exact) mass is 237 g/mol. The highest BCUT2D eigenvalue weighted by Gasteiger charge is 2.15. The molecule has 1 saturated heterocycles. The molecular weight excluding hydrogens is 221 g/mol. The number of hydrogen-bond acceptors (Lipinski definition) is 2. The van der Waals surface area contributed by atoms with Gasteiger partial charge in [-0.15, -0.1) is 24.8 Å². The molecule has 0 aliphatic carbocycles. The summed E-state index contributed by atoms with van der Waals surface area (Å²) < 4.78 is 2.29. The van der Waals surface area contributed by atoms with Gasteiger partial charge < -0.3 is 9.88 Å². The molecule has 1 fully saturated rings. The van der Waals surface area contributed by atoms with E-state index in [9.17, 15) is 0 Å². The zero-order chi connectivity index (χ0) is 8.39. The molecule has 0 atom stereocenters. The largest absolute Gasteiger partial charge is 0.332 e. The Morgan fingerprint density at radius 3 is 2.50 bits per heavy atom. The minimum absolute atomic E-state index is 0. The van der Waals surface area contributed by atoms with Crippen molar-refractivity contribution in [3.05, 3.63) is 18.2 Å². The van der Waals surface area contributed by atoms with Crippen LogP contribution in [0.15, 0.2) is 12.4 Å². The molecule has 0 aromatic carbocycles. The van der Waals surface area contributed by atoms with Crippen LogP contribution in [0.3, 0.4) is 0 Å². The van der Waals surface area contributed by atoms with Gasteiger partial charge in [-0.1, -0.05) is 0 Å². The minimum atomic E-state index is 0. The van der Waals surface area contributed by atoms with Gasteiger partial charge in [0.15, 0.2) is 0 Å². The standard InChI is InChI=1S/C9H15N3.2ClH/c1-8-11-6-7-12(8)9-2-4-10-5-3-9;;/h6-7,9-10H,2-5H2,1H3;2*1H. The van der Waals surface area contributed by atoms with E-state index in [2.05, 4.69) is 28.0 Å². The van der Waals surface area contributed by atoms with Crippen molar-refractivity contribution in [3.8, 4) is 0 Å². The fourth-order valence-electron chi connectivity index (χ4n) is 1.86. The Bertz CT molecular complexity index is 256. The summed E-state index contributed by atoms with van der Waals surface area (Å²) in [6.45, 7) is 4.35. The highest BCUT2D eigenvalue weighted by Crippen LogP contribution is 2.19. The molecule has 3 nitrogen and oxygen atoms in total. The first-order chi connectivity index (χ1) is 5.88. The van der Waals surface area contributed by atoms with Crippen LogP contribution >= 0.6 is 24.8 Å². The lowest BCUT2D eigenvalue weighted by atomic mass is 10.1. The molecule has 0 saturated carbocycles. The molecule has 1 aromatic rings. The van der Waals surface area contributed by atoms with Gasteiger partial charge >= 0.3 is 0 Å². The Labute approximate surface area is 97.1 Å². The topological polar surface area (TPSA) is 29.9 Å². The van der Waals surface area contributed by atoms with E-state index < -0.39 is 0 Å². The normalized spacial score (nSPS) is 16.9. The predicted molar refractivity (Wildman–Crippen MR) is 62.6 cm³/mol. The van der Waals surface area contributed by atoms with Crippen LogP contribution in [0.4, 0.5) is 0 Å². The fourth-order valence-corrected chi connectivity index (χ4v) is 1.86. The molecule has 2 heterocycles. The summed E-state index contributed by atoms with van der Waals surface area (Å²) in [6.07, 6.45) is 6.44. The maximum Gasteiger partial charge on any atom is 0.105 e. The highest BCUT2D eigenvalue weighted by atomic mass is 35.5. The average molecular weight is 238 g/mol. The van der Waals surface area contributed by atoms with E-state index in [0.29, 0.717) is 6.04 Å². The molecule has 14 heavy (non-hydrogen) atoms. The van der Waals surface area contributed by atoms with Gasteiger partial charge in [-0.05, 0) is 32.9 Å². The predicted octanol–water partition coefficient (Wildman–Crippen LogP) is 1.96. The third-order valence-electron chi connectivity index (χ3n) is 2.56. The van der Waals surface area contributed by atoms with Gasteiger partial charge in [-0.25, -0.2) is 4.98 Å². The minimum Gasteiger partial charge on any atom is -0.332 e. The first-order valence-electron chi connectivity index (χ1n) is 4.58. The summed E-state index contributed by atoms with van der Waals surface area (Å²) in [5.74, 6) is 1.14. The van der Waals surface area contributed by atoms with E-state index in [0.717, 1.165) is 18.9 Å². The zero-order valence-electron chi connectivity index (χ0n) is 8.27. The lowest BCUT2D eigenvalue weighted by Gasteiger charge is -2.24.